The number of nitrogen functional groups attached to an aromatic ring is 1. The molecule has 3 amide bonds. The van der Waals surface area contributed by atoms with Gasteiger partial charge >= 0.3 is 48.0 Å². The van der Waals surface area contributed by atoms with Crippen molar-refractivity contribution in [2.24, 2.45) is 21.7 Å². The molecule has 0 unspecified atom stereocenters. The summed E-state index contributed by atoms with van der Waals surface area (Å²) >= 11 is 28.7. The zero-order chi connectivity index (χ0) is 77.6. The molecular weight excluding hydrogens is 1610 g/mol. The Morgan fingerprint density at radius 1 is 0.545 bits per heavy atom. The van der Waals surface area contributed by atoms with E-state index in [9.17, 15) is 85.0 Å². The van der Waals surface area contributed by atoms with Gasteiger partial charge in [-0.2, -0.15) is 65.9 Å². The molecule has 1 heterocycles. The molecule has 6 N–H and O–H groups in total. The molecule has 1 aromatic heterocycles. The van der Waals surface area contributed by atoms with Crippen molar-refractivity contribution in [1.29, 1.82) is 5.26 Å². The molecule has 0 radical (unpaired) electrons. The Morgan fingerprint density at radius 2 is 0.909 bits per heavy atom. The van der Waals surface area contributed by atoms with Crippen LogP contribution in [0.2, 0.25) is 20.1 Å². The number of aryl methyl sites for hydroxylation is 1. The molecule has 33 heteroatoms. The van der Waals surface area contributed by atoms with Crippen molar-refractivity contribution in [3.8, 4) is 24.2 Å². The quantitative estimate of drug-likeness (QED) is 0.0224. The Kier molecular flexibility index (Phi) is 38.5. The molecule has 6 aromatic rings. The van der Waals surface area contributed by atoms with Gasteiger partial charge in [-0.15, -0.1) is 18.3 Å². The van der Waals surface area contributed by atoms with E-state index in [4.69, 9.17) is 82.1 Å². The number of fused-ring (bicyclic) bond motifs is 1. The van der Waals surface area contributed by atoms with Gasteiger partial charge in [-0.3, -0.25) is 19.2 Å². The number of H-pyrrole nitrogens is 1. The maximum atomic E-state index is 13.1. The second-order valence-corrected chi connectivity index (χ2v) is 26.9. The second kappa shape index (κ2) is 39.5. The van der Waals surface area contributed by atoms with E-state index in [0.717, 1.165) is 36.4 Å². The van der Waals surface area contributed by atoms with Crippen LogP contribution in [0.3, 0.4) is 0 Å². The van der Waals surface area contributed by atoms with Crippen molar-refractivity contribution in [3.05, 3.63) is 160 Å². The van der Waals surface area contributed by atoms with Crippen molar-refractivity contribution >= 4 is 143 Å². The van der Waals surface area contributed by atoms with Crippen LogP contribution in [0.5, 0.6) is 0 Å². The van der Waals surface area contributed by atoms with E-state index in [0.29, 0.717) is 11.2 Å². The van der Waals surface area contributed by atoms with E-state index in [1.54, 1.807) is 96.9 Å². The molecule has 0 saturated carbocycles. The summed E-state index contributed by atoms with van der Waals surface area (Å²) in [5.41, 5.74) is -1.42. The largest absolute Gasteiger partial charge is 1.00 e. The van der Waals surface area contributed by atoms with Crippen LogP contribution < -0.4 is 21.7 Å². The van der Waals surface area contributed by atoms with Crippen LogP contribution in [0, 0.1) is 74.7 Å². The average Bonchev–Trinajstić information content (AvgIpc) is 1.76. The fourth-order valence-corrected chi connectivity index (χ4v) is 8.41. The van der Waals surface area contributed by atoms with Crippen molar-refractivity contribution in [2.45, 2.75) is 135 Å². The molecule has 0 aliphatic heterocycles. The van der Waals surface area contributed by atoms with Gasteiger partial charge in [-0.05, 0) is 128 Å². The first-order valence-corrected chi connectivity index (χ1v) is 30.3. The Morgan fingerprint density at radius 3 is 1.27 bits per heavy atom. The molecule has 0 atom stereocenters. The number of benzene rings is 5. The number of anilines is 4. The fourth-order valence-electron chi connectivity index (χ4n) is 6.36. The number of terminal acetylenes is 1. The summed E-state index contributed by atoms with van der Waals surface area (Å²) in [5, 5.41) is 11.8. The molecule has 546 valence electrons. The predicted molar refractivity (Wildman–Crippen MR) is 364 cm³/mol. The number of nitrogens with zero attached hydrogens (tertiary/aromatic N) is 2. The summed E-state index contributed by atoms with van der Waals surface area (Å²) in [6.45, 7) is 36.6. The monoisotopic (exact) mass is 1670 g/mol. The van der Waals surface area contributed by atoms with Gasteiger partial charge in [-0.1, -0.05) is 141 Å². The number of hydrogen-bond donors (Lipinski definition) is 5. The van der Waals surface area contributed by atoms with Gasteiger partial charge in [0.15, 0.2) is 5.69 Å². The van der Waals surface area contributed by atoms with Gasteiger partial charge < -0.3 is 38.5 Å². The molecular formula is C66H65Cl5CuF15IN7O4. The standard InChI is InChI=1S/C15H15ClF3NO.C12H12ClF3INO.C12H13ClF3NO.C11H7F3N2.C7H5ClF3N.C5H9ClO.C3H4.CN.Cu/c1-5-6-9-11(20-13(21)14(2,3)4)8-7-10(16)12(9)15(17,18)19;1-11(2,3)10(19)18-7-5-4-6(13)8(9(7)17)12(14,15)16;1-11(2,3)10(18)17-7-4-5-9(13)8(6-7)12(14,15)16;1-6-5-7-8(16-6)3-4-9(15-2)10(7)11(12,13)14;8-6-2-1-4(12)3-5(6)7(9,10)11;1-5(2,3)4(6)7;1-3-2;1-2;/h7-8H,1-4H3,(H,20,21);4-5H,1-3H3,(H,18,19);4-6H,1-3H3,(H,17,18);3-5,16H,1H3;1-3H,12H2;1-3H3;1H,2H3;;/q;;;;;;;-1;+1. The fraction of sp³-hybridized carbons (Fsp3) is 0.364. The van der Waals surface area contributed by atoms with Gasteiger partial charge in [0.05, 0.1) is 75.0 Å². The van der Waals surface area contributed by atoms with E-state index < -0.39 is 90.9 Å². The zero-order valence-electron chi connectivity index (χ0n) is 54.9. The Hall–Kier alpha value is -6.73. The third-order valence-corrected chi connectivity index (χ3v) is 14.3. The van der Waals surface area contributed by atoms with Gasteiger partial charge in [0.2, 0.25) is 23.0 Å². The number of rotatable bonds is 3. The average molecular weight is 1670 g/mol. The number of aromatic amines is 1. The molecule has 6 rings (SSSR count). The summed E-state index contributed by atoms with van der Waals surface area (Å²) in [6.07, 6.45) is -18.1. The van der Waals surface area contributed by atoms with Crippen LogP contribution in [0.25, 0.3) is 15.7 Å². The number of carbonyl (C=O) groups excluding carboxylic acids is 4. The van der Waals surface area contributed by atoms with Gasteiger partial charge in [0, 0.05) is 49.6 Å². The van der Waals surface area contributed by atoms with E-state index in [1.165, 1.54) is 72.0 Å². The van der Waals surface area contributed by atoms with Crippen molar-refractivity contribution in [3.63, 3.8) is 0 Å². The Labute approximate surface area is 612 Å². The summed E-state index contributed by atoms with van der Waals surface area (Å²) < 4.78 is 190. The SMILES string of the molecule is C#CC.CC#Cc1c(NC(=O)C(C)(C)C)ccc(Cl)c1C(F)(F)F.CC(C)(C)C(=O)Cl.CC(C)(C)C(=O)Nc1ccc(Cl)c(C(F)(F)F)c1.CC(C)(C)C(=O)Nc1ccc(Cl)c(C(F)(F)F)c1I.Nc1ccc(Cl)c(C(F)(F)F)c1.[C-]#N.[C-]#[N+]c1ccc2[nH]c(C)cc2c1C(F)(F)F.[Cu+]. The van der Waals surface area contributed by atoms with Crippen LogP contribution in [0.4, 0.5) is 94.3 Å². The van der Waals surface area contributed by atoms with Crippen LogP contribution in [-0.4, -0.2) is 27.9 Å². The Bertz CT molecular complexity index is 3930. The number of alkyl halides is 15. The normalized spacial score (nSPS) is 11.3. The van der Waals surface area contributed by atoms with Crippen LogP contribution in [-0.2, 0) is 67.1 Å². The number of hydrogen-bond acceptors (Lipinski definition) is 6. The molecule has 11 nitrogen and oxygen atoms in total. The number of nitrogens with one attached hydrogen (secondary N) is 4. The zero-order valence-corrected chi connectivity index (χ0v) is 61.8. The Balaban J connectivity index is -0.00000112. The predicted octanol–water partition coefficient (Wildman–Crippen LogP) is 23.5. The minimum Gasteiger partial charge on any atom is -0.512 e. The second-order valence-electron chi connectivity index (χ2n) is 23.8. The summed E-state index contributed by atoms with van der Waals surface area (Å²) in [7, 11) is 0. The van der Waals surface area contributed by atoms with Gasteiger partial charge in [-0.25, -0.2) is 4.85 Å². The number of aromatic nitrogens is 1. The van der Waals surface area contributed by atoms with E-state index >= 15 is 0 Å². The number of carbonyl (C=O) groups is 4. The first-order chi connectivity index (χ1) is 44.1. The molecule has 0 saturated heterocycles. The molecule has 99 heavy (non-hydrogen) atoms. The maximum absolute atomic E-state index is 13.1. The minimum atomic E-state index is -4.65. The van der Waals surface area contributed by atoms with E-state index in [1.807, 2.05) is 0 Å². The number of nitrogens with two attached hydrogens (primary N) is 1. The topological polar surface area (TPSA) is 174 Å². The van der Waals surface area contributed by atoms with E-state index in [-0.39, 0.29) is 92.5 Å². The molecule has 0 bridgehead atoms. The van der Waals surface area contributed by atoms with E-state index in [2.05, 4.69) is 50.0 Å². The first kappa shape index (κ1) is 96.5. The first-order valence-electron chi connectivity index (χ1n) is 27.3. The number of amides is 3. The maximum Gasteiger partial charge on any atom is 1.00 e. The molecule has 0 spiro atoms. The third kappa shape index (κ3) is 32.6. The number of halogens is 21. The molecule has 0 aliphatic rings. The minimum absolute atomic E-state index is 0. The van der Waals surface area contributed by atoms with Gasteiger partial charge in [0.1, 0.15) is 0 Å². The summed E-state index contributed by atoms with van der Waals surface area (Å²) in [4.78, 5) is 51.4. The molecule has 0 aliphatic carbocycles. The van der Waals surface area contributed by atoms with Crippen LogP contribution >= 0.6 is 80.6 Å². The summed E-state index contributed by atoms with van der Waals surface area (Å²) in [6, 6.07) is 15.5. The van der Waals surface area contributed by atoms with Crippen LogP contribution in [0.1, 0.15) is 136 Å². The molecule has 0 fully saturated rings. The third-order valence-electron chi connectivity index (χ3n) is 11.3. The van der Waals surface area contributed by atoms with Crippen molar-refractivity contribution < 1.29 is 102 Å². The van der Waals surface area contributed by atoms with Gasteiger partial charge in [0.25, 0.3) is 0 Å². The molecule has 5 aromatic carbocycles. The van der Waals surface area contributed by atoms with Crippen LogP contribution in [0.15, 0.2) is 78.9 Å². The van der Waals surface area contributed by atoms with Crippen molar-refractivity contribution in [2.75, 3.05) is 21.7 Å². The summed E-state index contributed by atoms with van der Waals surface area (Å²) in [5.74, 6) is 5.92. The smallest absolute Gasteiger partial charge is 0.512 e. The van der Waals surface area contributed by atoms with Crippen molar-refractivity contribution in [1.82, 2.24) is 4.98 Å².